The van der Waals surface area contributed by atoms with Gasteiger partial charge in [-0.05, 0) is 23.6 Å². The van der Waals surface area contributed by atoms with Crippen LogP contribution < -0.4 is 5.32 Å². The van der Waals surface area contributed by atoms with Crippen LogP contribution in [-0.2, 0) is 14.3 Å². The number of ether oxygens (including phenoxy) is 2. The van der Waals surface area contributed by atoms with E-state index in [1.165, 1.54) is 11.3 Å². The maximum atomic E-state index is 11.6. The summed E-state index contributed by atoms with van der Waals surface area (Å²) in [4.78, 5) is 35.4. The highest BCUT2D eigenvalue weighted by atomic mass is 32.1. The third-order valence-electron chi connectivity index (χ3n) is 2.95. The summed E-state index contributed by atoms with van der Waals surface area (Å²) in [5, 5.41) is 4.44. The van der Waals surface area contributed by atoms with Gasteiger partial charge in [-0.25, -0.2) is 4.79 Å². The van der Waals surface area contributed by atoms with Gasteiger partial charge in [0.25, 0.3) is 5.91 Å². The smallest absolute Gasteiger partial charge is 0.338 e. The lowest BCUT2D eigenvalue weighted by atomic mass is 10.2. The van der Waals surface area contributed by atoms with Gasteiger partial charge in [0.05, 0.1) is 16.9 Å². The van der Waals surface area contributed by atoms with Crippen molar-refractivity contribution in [1.29, 1.82) is 0 Å². The zero-order valence-corrected chi connectivity index (χ0v) is 13.7. The van der Waals surface area contributed by atoms with Gasteiger partial charge in [0, 0.05) is 6.54 Å². The van der Waals surface area contributed by atoms with Crippen LogP contribution >= 0.6 is 11.3 Å². The minimum atomic E-state index is -0.463. The lowest BCUT2D eigenvalue weighted by Crippen LogP contribution is -2.26. The highest BCUT2D eigenvalue weighted by Crippen LogP contribution is 2.07. The largest absolute Gasteiger partial charge is 0.462 e. The Morgan fingerprint density at radius 3 is 2.42 bits per heavy atom. The van der Waals surface area contributed by atoms with Gasteiger partial charge < -0.3 is 14.8 Å². The van der Waals surface area contributed by atoms with Crippen molar-refractivity contribution in [3.05, 3.63) is 58.3 Å². The summed E-state index contributed by atoms with van der Waals surface area (Å²) in [6.45, 7) is 0.163. The first-order valence-corrected chi connectivity index (χ1v) is 8.24. The fraction of sp³-hybridized carbons (Fsp3) is 0.235. The van der Waals surface area contributed by atoms with Crippen LogP contribution in [0.4, 0.5) is 0 Å². The van der Waals surface area contributed by atoms with Crippen LogP contribution in [0.15, 0.2) is 47.8 Å². The molecule has 0 unspecified atom stereocenters. The summed E-state index contributed by atoms with van der Waals surface area (Å²) in [5.41, 5.74) is 0.445. The molecule has 0 bridgehead atoms. The second kappa shape index (κ2) is 9.46. The minimum Gasteiger partial charge on any atom is -0.462 e. The van der Waals surface area contributed by atoms with Gasteiger partial charge in [-0.15, -0.1) is 11.3 Å². The molecule has 2 rings (SSSR count). The average molecular weight is 347 g/mol. The van der Waals surface area contributed by atoms with Crippen molar-refractivity contribution in [2.75, 3.05) is 19.8 Å². The summed E-state index contributed by atoms with van der Waals surface area (Å²) in [6, 6.07) is 12.1. The third kappa shape index (κ3) is 5.85. The van der Waals surface area contributed by atoms with E-state index in [1.807, 2.05) is 0 Å². The number of amides is 1. The molecule has 1 aromatic carbocycles. The lowest BCUT2D eigenvalue weighted by Gasteiger charge is -2.07. The summed E-state index contributed by atoms with van der Waals surface area (Å²) in [5.74, 6) is -1.14. The molecule has 7 heteroatoms. The molecule has 1 N–H and O–H groups in total. The molecule has 0 fully saturated rings. The van der Waals surface area contributed by atoms with Crippen molar-refractivity contribution in [3.8, 4) is 0 Å². The van der Waals surface area contributed by atoms with Crippen molar-refractivity contribution in [3.63, 3.8) is 0 Å². The van der Waals surface area contributed by atoms with E-state index in [0.29, 0.717) is 10.4 Å². The maximum Gasteiger partial charge on any atom is 0.338 e. The molecule has 0 aliphatic carbocycles. The zero-order valence-electron chi connectivity index (χ0n) is 12.9. The molecule has 0 aliphatic rings. The molecule has 126 valence electrons. The summed E-state index contributed by atoms with van der Waals surface area (Å²) in [7, 11) is 0. The first-order valence-electron chi connectivity index (χ1n) is 7.36. The Labute approximate surface area is 143 Å². The number of carbonyl (C=O) groups excluding carboxylic acids is 3. The van der Waals surface area contributed by atoms with E-state index in [4.69, 9.17) is 9.47 Å². The molecule has 0 radical (unpaired) electrons. The van der Waals surface area contributed by atoms with Gasteiger partial charge in [-0.1, -0.05) is 24.3 Å². The molecule has 0 atom stereocenters. The summed E-state index contributed by atoms with van der Waals surface area (Å²) in [6.07, 6.45) is 0.0593. The Bertz CT molecular complexity index is 670. The predicted octanol–water partition coefficient (Wildman–Crippen LogP) is 2.27. The Balaban J connectivity index is 1.55. The quantitative estimate of drug-likeness (QED) is 0.585. The number of hydrogen-bond donors (Lipinski definition) is 1. The Kier molecular flexibility index (Phi) is 6.97. The first-order chi connectivity index (χ1) is 11.7. The van der Waals surface area contributed by atoms with Crippen molar-refractivity contribution in [1.82, 2.24) is 5.32 Å². The molecule has 0 aliphatic heterocycles. The van der Waals surface area contributed by atoms with Crippen LogP contribution in [0.5, 0.6) is 0 Å². The molecule has 0 spiro atoms. The van der Waals surface area contributed by atoms with Crippen LogP contribution in [0.3, 0.4) is 0 Å². The second-order valence-corrected chi connectivity index (χ2v) is 5.65. The summed E-state index contributed by atoms with van der Waals surface area (Å²) < 4.78 is 9.92. The van der Waals surface area contributed by atoms with Gasteiger partial charge >= 0.3 is 11.9 Å². The Hall–Kier alpha value is -2.67. The normalized spacial score (nSPS) is 10.0. The third-order valence-corrected chi connectivity index (χ3v) is 3.82. The highest BCUT2D eigenvalue weighted by Gasteiger charge is 2.09. The van der Waals surface area contributed by atoms with Gasteiger partial charge in [0.15, 0.2) is 0 Å². The molecule has 6 nitrogen and oxygen atoms in total. The van der Waals surface area contributed by atoms with E-state index < -0.39 is 11.9 Å². The van der Waals surface area contributed by atoms with E-state index in [0.717, 1.165) is 0 Å². The van der Waals surface area contributed by atoms with Crippen LogP contribution in [0.2, 0.25) is 0 Å². The van der Waals surface area contributed by atoms with E-state index in [9.17, 15) is 14.4 Å². The number of hydrogen-bond acceptors (Lipinski definition) is 6. The van der Waals surface area contributed by atoms with Crippen LogP contribution in [-0.4, -0.2) is 37.6 Å². The number of esters is 2. The molecule has 24 heavy (non-hydrogen) atoms. The van der Waals surface area contributed by atoms with E-state index >= 15 is 0 Å². The second-order valence-electron chi connectivity index (χ2n) is 4.71. The van der Waals surface area contributed by atoms with Crippen molar-refractivity contribution in [2.24, 2.45) is 0 Å². The minimum absolute atomic E-state index is 0.0129. The zero-order chi connectivity index (χ0) is 17.2. The number of thiophene rings is 1. The highest BCUT2D eigenvalue weighted by molar-refractivity contribution is 7.12. The predicted molar refractivity (Wildman–Crippen MR) is 89.0 cm³/mol. The first kappa shape index (κ1) is 17.7. The monoisotopic (exact) mass is 347 g/mol. The van der Waals surface area contributed by atoms with Gasteiger partial charge in [-0.3, -0.25) is 9.59 Å². The molecular formula is C17H17NO5S. The van der Waals surface area contributed by atoms with Gasteiger partial charge in [-0.2, -0.15) is 0 Å². The molecule has 1 heterocycles. The Morgan fingerprint density at radius 1 is 0.958 bits per heavy atom. The molecule has 1 amide bonds. The molecule has 2 aromatic rings. The maximum absolute atomic E-state index is 11.6. The lowest BCUT2D eigenvalue weighted by molar-refractivity contribution is -0.144. The summed E-state index contributed by atoms with van der Waals surface area (Å²) >= 11 is 1.33. The van der Waals surface area contributed by atoms with Gasteiger partial charge in [0.1, 0.15) is 13.2 Å². The molecule has 0 saturated heterocycles. The Morgan fingerprint density at radius 2 is 1.71 bits per heavy atom. The molecule has 0 saturated carbocycles. The number of benzene rings is 1. The number of rotatable bonds is 8. The number of nitrogens with one attached hydrogen (secondary N) is 1. The fourth-order valence-corrected chi connectivity index (χ4v) is 2.43. The van der Waals surface area contributed by atoms with Crippen molar-refractivity contribution in [2.45, 2.75) is 6.42 Å². The molecule has 1 aromatic heterocycles. The van der Waals surface area contributed by atoms with Crippen LogP contribution in [0, 0.1) is 0 Å². The van der Waals surface area contributed by atoms with Crippen molar-refractivity contribution >= 4 is 29.2 Å². The van der Waals surface area contributed by atoms with Crippen LogP contribution in [0.25, 0.3) is 0 Å². The average Bonchev–Trinajstić information content (AvgIpc) is 3.14. The van der Waals surface area contributed by atoms with E-state index in [1.54, 1.807) is 47.8 Å². The van der Waals surface area contributed by atoms with Crippen LogP contribution in [0.1, 0.15) is 26.5 Å². The standard InChI is InChI=1S/C17H17NO5S/c19-15(8-9-18-16(20)14-7-4-12-24-14)22-10-11-23-17(21)13-5-2-1-3-6-13/h1-7,12H,8-11H2,(H,18,20). The van der Waals surface area contributed by atoms with Gasteiger partial charge in [0.2, 0.25) is 0 Å². The SMILES string of the molecule is O=C(CCNC(=O)c1cccs1)OCCOC(=O)c1ccccc1. The fourth-order valence-electron chi connectivity index (χ4n) is 1.79. The van der Waals surface area contributed by atoms with Crippen molar-refractivity contribution < 1.29 is 23.9 Å². The van der Waals surface area contributed by atoms with E-state index in [2.05, 4.69) is 5.32 Å². The van der Waals surface area contributed by atoms with E-state index in [-0.39, 0.29) is 32.1 Å². The molecular weight excluding hydrogens is 330 g/mol. The number of carbonyl (C=O) groups is 3. The topological polar surface area (TPSA) is 81.7 Å².